The molecule has 0 aliphatic rings. The van der Waals surface area contributed by atoms with Crippen LogP contribution in [0.15, 0.2) is 60.7 Å². The molecular formula is C27H31NO6. The minimum absolute atomic E-state index is 0.00759. The molecule has 1 atom stereocenters. The molecule has 0 heterocycles. The Labute approximate surface area is 200 Å². The minimum atomic E-state index is -0.238. The average Bonchev–Trinajstić information content (AvgIpc) is 2.89. The van der Waals surface area contributed by atoms with E-state index in [1.165, 1.54) is 26.9 Å². The van der Waals surface area contributed by atoms with Gasteiger partial charge < -0.3 is 29.0 Å². The highest BCUT2D eigenvalue weighted by atomic mass is 16.5. The Balaban J connectivity index is 1.86. The Morgan fingerprint density at radius 3 is 1.91 bits per heavy atom. The summed E-state index contributed by atoms with van der Waals surface area (Å²) in [7, 11) is 7.78. The van der Waals surface area contributed by atoms with E-state index in [0.717, 1.165) is 12.0 Å². The van der Waals surface area contributed by atoms with Crippen LogP contribution in [0.5, 0.6) is 28.7 Å². The average molecular weight is 466 g/mol. The molecule has 0 saturated carbocycles. The van der Waals surface area contributed by atoms with Gasteiger partial charge in [-0.1, -0.05) is 36.4 Å². The van der Waals surface area contributed by atoms with Gasteiger partial charge in [-0.3, -0.25) is 4.79 Å². The monoisotopic (exact) mass is 465 g/mol. The van der Waals surface area contributed by atoms with Gasteiger partial charge in [-0.05, 0) is 41.8 Å². The number of hydrogen-bond donors (Lipinski definition) is 1. The van der Waals surface area contributed by atoms with E-state index < -0.39 is 0 Å². The van der Waals surface area contributed by atoms with Crippen LogP contribution >= 0.6 is 0 Å². The third-order valence-corrected chi connectivity index (χ3v) is 5.64. The number of benzene rings is 3. The smallest absolute Gasteiger partial charge is 0.251 e. The van der Waals surface area contributed by atoms with Gasteiger partial charge in [0, 0.05) is 18.0 Å². The number of carbonyl (C=O) groups excluding carboxylic acids is 1. The first-order valence-electron chi connectivity index (χ1n) is 10.9. The van der Waals surface area contributed by atoms with Crippen LogP contribution in [0.2, 0.25) is 0 Å². The van der Waals surface area contributed by atoms with Gasteiger partial charge in [0.2, 0.25) is 5.75 Å². The number of nitrogens with one attached hydrogen (secondary N) is 1. The Morgan fingerprint density at radius 2 is 1.35 bits per heavy atom. The van der Waals surface area contributed by atoms with Gasteiger partial charge >= 0.3 is 0 Å². The van der Waals surface area contributed by atoms with E-state index in [1.807, 2.05) is 36.4 Å². The molecule has 0 unspecified atom stereocenters. The van der Waals surface area contributed by atoms with Crippen LogP contribution in [-0.2, 0) is 6.42 Å². The topological polar surface area (TPSA) is 75.3 Å². The molecule has 0 aliphatic carbocycles. The van der Waals surface area contributed by atoms with Crippen LogP contribution in [0.4, 0.5) is 0 Å². The van der Waals surface area contributed by atoms with Crippen molar-refractivity contribution in [2.75, 3.05) is 42.1 Å². The molecule has 34 heavy (non-hydrogen) atoms. The second kappa shape index (κ2) is 11.8. The van der Waals surface area contributed by atoms with Gasteiger partial charge in [0.15, 0.2) is 23.0 Å². The van der Waals surface area contributed by atoms with Gasteiger partial charge in [-0.2, -0.15) is 0 Å². The van der Waals surface area contributed by atoms with Crippen molar-refractivity contribution in [3.05, 3.63) is 77.4 Å². The fourth-order valence-corrected chi connectivity index (χ4v) is 3.84. The highest BCUT2D eigenvalue weighted by molar-refractivity contribution is 5.95. The quantitative estimate of drug-likeness (QED) is 0.450. The van der Waals surface area contributed by atoms with Gasteiger partial charge in [0.05, 0.1) is 35.5 Å². The van der Waals surface area contributed by atoms with Gasteiger partial charge in [0.25, 0.3) is 5.91 Å². The molecule has 0 spiro atoms. The van der Waals surface area contributed by atoms with Crippen molar-refractivity contribution in [3.63, 3.8) is 0 Å². The third-order valence-electron chi connectivity index (χ3n) is 5.64. The van der Waals surface area contributed by atoms with Crippen LogP contribution in [0, 0.1) is 0 Å². The fraction of sp³-hybridized carbons (Fsp3) is 0.296. The summed E-state index contributed by atoms with van der Waals surface area (Å²) >= 11 is 0. The molecule has 0 bridgehead atoms. The highest BCUT2D eigenvalue weighted by Gasteiger charge is 2.20. The van der Waals surface area contributed by atoms with Crippen molar-refractivity contribution in [1.29, 1.82) is 0 Å². The summed E-state index contributed by atoms with van der Waals surface area (Å²) in [5, 5.41) is 3.06. The normalized spacial score (nSPS) is 11.3. The fourth-order valence-electron chi connectivity index (χ4n) is 3.84. The summed E-state index contributed by atoms with van der Waals surface area (Å²) in [6, 6.07) is 19.3. The minimum Gasteiger partial charge on any atom is -0.493 e. The molecule has 0 fully saturated rings. The van der Waals surface area contributed by atoms with E-state index in [1.54, 1.807) is 26.4 Å². The number of amides is 1. The largest absolute Gasteiger partial charge is 0.493 e. The predicted molar refractivity (Wildman–Crippen MR) is 131 cm³/mol. The third kappa shape index (κ3) is 5.73. The molecule has 1 amide bonds. The van der Waals surface area contributed by atoms with Crippen molar-refractivity contribution < 1.29 is 28.5 Å². The second-order valence-electron chi connectivity index (χ2n) is 7.63. The molecule has 0 aliphatic heterocycles. The lowest BCUT2D eigenvalue weighted by Gasteiger charge is -2.20. The lowest BCUT2D eigenvalue weighted by atomic mass is 9.91. The Kier molecular flexibility index (Phi) is 8.62. The number of ether oxygens (including phenoxy) is 5. The Hall–Kier alpha value is -3.87. The summed E-state index contributed by atoms with van der Waals surface area (Å²) < 4.78 is 27.0. The zero-order valence-electron chi connectivity index (χ0n) is 20.2. The van der Waals surface area contributed by atoms with Crippen LogP contribution in [-0.4, -0.2) is 48.0 Å². The zero-order chi connectivity index (χ0) is 24.5. The number of rotatable bonds is 11. The molecule has 7 heteroatoms. The van der Waals surface area contributed by atoms with Crippen molar-refractivity contribution in [1.82, 2.24) is 5.32 Å². The van der Waals surface area contributed by atoms with Crippen LogP contribution < -0.4 is 29.0 Å². The van der Waals surface area contributed by atoms with E-state index in [0.29, 0.717) is 40.9 Å². The zero-order valence-corrected chi connectivity index (χ0v) is 20.2. The molecule has 3 aromatic rings. The molecule has 0 aromatic heterocycles. The summed E-state index contributed by atoms with van der Waals surface area (Å²) in [6.45, 7) is 0.417. The van der Waals surface area contributed by atoms with Gasteiger partial charge in [0.1, 0.15) is 0 Å². The van der Waals surface area contributed by atoms with E-state index in [9.17, 15) is 4.79 Å². The molecule has 7 nitrogen and oxygen atoms in total. The van der Waals surface area contributed by atoms with E-state index in [4.69, 9.17) is 23.7 Å². The Bertz CT molecular complexity index is 1070. The highest BCUT2D eigenvalue weighted by Crippen LogP contribution is 2.38. The van der Waals surface area contributed by atoms with E-state index in [-0.39, 0.29) is 11.8 Å². The van der Waals surface area contributed by atoms with E-state index in [2.05, 4.69) is 17.4 Å². The molecule has 0 radical (unpaired) electrons. The Morgan fingerprint density at radius 1 is 0.735 bits per heavy atom. The molecule has 180 valence electrons. The predicted octanol–water partition coefficient (Wildman–Crippen LogP) is 4.49. The van der Waals surface area contributed by atoms with Gasteiger partial charge in [-0.15, -0.1) is 0 Å². The summed E-state index contributed by atoms with van der Waals surface area (Å²) in [4.78, 5) is 13.1. The second-order valence-corrected chi connectivity index (χ2v) is 7.63. The standard InChI is InChI=1S/C27H31NO6/c1-30-22-12-11-19(14-23(22)31-2)21(13-18-9-7-6-8-10-18)17-28-27(29)20-15-24(32-3)26(34-5)25(16-20)33-4/h6-12,14-16,21H,13,17H2,1-5H3,(H,28,29)/t21-/m0/s1. The maximum absolute atomic E-state index is 13.1. The van der Waals surface area contributed by atoms with Crippen molar-refractivity contribution >= 4 is 5.91 Å². The maximum Gasteiger partial charge on any atom is 0.251 e. The van der Waals surface area contributed by atoms with Crippen molar-refractivity contribution in [3.8, 4) is 28.7 Å². The molecule has 3 aromatic carbocycles. The molecule has 0 saturated heterocycles. The summed E-state index contributed by atoms with van der Waals surface area (Å²) in [5.41, 5.74) is 2.62. The lowest BCUT2D eigenvalue weighted by Crippen LogP contribution is -2.29. The van der Waals surface area contributed by atoms with Crippen molar-refractivity contribution in [2.24, 2.45) is 0 Å². The molecular weight excluding hydrogens is 434 g/mol. The number of methoxy groups -OCH3 is 5. The summed E-state index contributed by atoms with van der Waals surface area (Å²) in [6.07, 6.45) is 0.742. The number of carbonyl (C=O) groups is 1. The first-order chi connectivity index (χ1) is 16.5. The van der Waals surface area contributed by atoms with E-state index >= 15 is 0 Å². The maximum atomic E-state index is 13.1. The summed E-state index contributed by atoms with van der Waals surface area (Å²) in [5.74, 6) is 2.36. The van der Waals surface area contributed by atoms with Crippen LogP contribution in [0.25, 0.3) is 0 Å². The number of hydrogen-bond acceptors (Lipinski definition) is 6. The van der Waals surface area contributed by atoms with Gasteiger partial charge in [-0.25, -0.2) is 0 Å². The first-order valence-corrected chi connectivity index (χ1v) is 10.9. The van der Waals surface area contributed by atoms with Crippen LogP contribution in [0.3, 0.4) is 0 Å². The molecule has 3 rings (SSSR count). The lowest BCUT2D eigenvalue weighted by molar-refractivity contribution is 0.0950. The molecule has 1 N–H and O–H groups in total. The first kappa shape index (κ1) is 24.8. The van der Waals surface area contributed by atoms with Crippen molar-refractivity contribution in [2.45, 2.75) is 12.3 Å². The SMILES string of the molecule is COc1ccc([C@H](CNC(=O)c2cc(OC)c(OC)c(OC)c2)Cc2ccccc2)cc1OC. The van der Waals surface area contributed by atoms with Crippen LogP contribution in [0.1, 0.15) is 27.4 Å².